The van der Waals surface area contributed by atoms with Crippen LogP contribution in [0.5, 0.6) is 5.75 Å². The van der Waals surface area contributed by atoms with Gasteiger partial charge in [0.25, 0.3) is 0 Å². The van der Waals surface area contributed by atoms with E-state index in [9.17, 15) is 9.50 Å². The van der Waals surface area contributed by atoms with Crippen LogP contribution in [0.4, 0.5) is 4.39 Å². The summed E-state index contributed by atoms with van der Waals surface area (Å²) in [6.45, 7) is 4.39. The Balaban J connectivity index is 2.17. The van der Waals surface area contributed by atoms with Crippen molar-refractivity contribution in [3.63, 3.8) is 0 Å². The first-order valence-electron chi connectivity index (χ1n) is 7.98. The second-order valence-electron chi connectivity index (χ2n) is 6.82. The highest BCUT2D eigenvalue weighted by atomic mass is 19.1. The molecule has 0 aliphatic heterocycles. The summed E-state index contributed by atoms with van der Waals surface area (Å²) in [5.41, 5.74) is 0.515. The molecule has 2 rings (SSSR count). The fraction of sp³-hybridized carbons (Fsp3) is 0.667. The molecule has 1 aromatic rings. The Morgan fingerprint density at radius 2 is 1.95 bits per heavy atom. The van der Waals surface area contributed by atoms with Crippen molar-refractivity contribution in [2.45, 2.75) is 58.5 Å². The SMILES string of the molecule is COc1cccc(CC(O)C2(CC(C)C)CCCC2)c1F. The molecule has 0 spiro atoms. The van der Waals surface area contributed by atoms with E-state index < -0.39 is 6.10 Å². The van der Waals surface area contributed by atoms with Crippen molar-refractivity contribution >= 4 is 0 Å². The van der Waals surface area contributed by atoms with E-state index in [4.69, 9.17) is 4.74 Å². The van der Waals surface area contributed by atoms with Crippen LogP contribution in [-0.2, 0) is 6.42 Å². The minimum Gasteiger partial charge on any atom is -0.494 e. The molecular weight excluding hydrogens is 267 g/mol. The predicted octanol–water partition coefficient (Wildman–Crippen LogP) is 4.34. The highest BCUT2D eigenvalue weighted by Gasteiger charge is 2.41. The van der Waals surface area contributed by atoms with Crippen LogP contribution in [0.3, 0.4) is 0 Å². The van der Waals surface area contributed by atoms with Gasteiger partial charge in [0.1, 0.15) is 0 Å². The number of benzene rings is 1. The quantitative estimate of drug-likeness (QED) is 0.845. The van der Waals surface area contributed by atoms with Gasteiger partial charge in [0.15, 0.2) is 11.6 Å². The molecule has 3 heteroatoms. The van der Waals surface area contributed by atoms with Gasteiger partial charge >= 0.3 is 0 Å². The zero-order valence-electron chi connectivity index (χ0n) is 13.4. The number of aliphatic hydroxyl groups excluding tert-OH is 1. The summed E-state index contributed by atoms with van der Waals surface area (Å²) in [5.74, 6) is 0.466. The van der Waals surface area contributed by atoms with Crippen LogP contribution in [0.1, 0.15) is 51.5 Å². The van der Waals surface area contributed by atoms with Crippen molar-refractivity contribution in [2.75, 3.05) is 7.11 Å². The molecule has 1 aliphatic carbocycles. The van der Waals surface area contributed by atoms with Gasteiger partial charge in [-0.1, -0.05) is 38.8 Å². The molecular formula is C18H27FO2. The third kappa shape index (κ3) is 3.57. The molecule has 1 N–H and O–H groups in total. The van der Waals surface area contributed by atoms with Crippen molar-refractivity contribution < 1.29 is 14.2 Å². The highest BCUT2D eigenvalue weighted by Crippen LogP contribution is 2.47. The van der Waals surface area contributed by atoms with Gasteiger partial charge in [-0.2, -0.15) is 0 Å². The van der Waals surface area contributed by atoms with Gasteiger partial charge in [0, 0.05) is 6.42 Å². The van der Waals surface area contributed by atoms with Gasteiger partial charge in [-0.15, -0.1) is 0 Å². The van der Waals surface area contributed by atoms with Crippen LogP contribution < -0.4 is 4.74 Å². The zero-order valence-corrected chi connectivity index (χ0v) is 13.4. The average molecular weight is 294 g/mol. The van der Waals surface area contributed by atoms with Crippen molar-refractivity contribution in [1.82, 2.24) is 0 Å². The Kier molecular flexibility index (Phi) is 5.26. The van der Waals surface area contributed by atoms with Crippen LogP contribution >= 0.6 is 0 Å². The van der Waals surface area contributed by atoms with Crippen LogP contribution in [0.15, 0.2) is 18.2 Å². The maximum Gasteiger partial charge on any atom is 0.168 e. The largest absolute Gasteiger partial charge is 0.494 e. The second-order valence-corrected chi connectivity index (χ2v) is 6.82. The van der Waals surface area contributed by atoms with Gasteiger partial charge in [-0.05, 0) is 42.2 Å². The number of aliphatic hydroxyl groups is 1. The van der Waals surface area contributed by atoms with Gasteiger partial charge in [0.2, 0.25) is 0 Å². The lowest BCUT2D eigenvalue weighted by molar-refractivity contribution is 0.0128. The molecule has 1 unspecified atom stereocenters. The monoisotopic (exact) mass is 294 g/mol. The summed E-state index contributed by atoms with van der Waals surface area (Å²) in [5, 5.41) is 10.8. The Morgan fingerprint density at radius 1 is 1.29 bits per heavy atom. The Labute approximate surface area is 127 Å². The average Bonchev–Trinajstić information content (AvgIpc) is 2.90. The maximum absolute atomic E-state index is 14.3. The minimum absolute atomic E-state index is 0.0380. The van der Waals surface area contributed by atoms with E-state index >= 15 is 0 Å². The van der Waals surface area contributed by atoms with Gasteiger partial charge < -0.3 is 9.84 Å². The summed E-state index contributed by atoms with van der Waals surface area (Å²) < 4.78 is 19.3. The lowest BCUT2D eigenvalue weighted by Crippen LogP contribution is -2.35. The molecule has 1 saturated carbocycles. The molecule has 0 heterocycles. The van der Waals surface area contributed by atoms with E-state index in [1.807, 2.05) is 0 Å². The standard InChI is InChI=1S/C18H27FO2/c1-13(2)12-18(9-4-5-10-18)16(20)11-14-7-6-8-15(21-3)17(14)19/h6-8,13,16,20H,4-5,9-12H2,1-3H3. The Hall–Kier alpha value is -1.09. The molecule has 21 heavy (non-hydrogen) atoms. The Morgan fingerprint density at radius 3 is 2.52 bits per heavy atom. The number of methoxy groups -OCH3 is 1. The fourth-order valence-corrected chi connectivity index (χ4v) is 3.86. The molecule has 118 valence electrons. The molecule has 1 aliphatic rings. The maximum atomic E-state index is 14.3. The topological polar surface area (TPSA) is 29.5 Å². The number of hydrogen-bond donors (Lipinski definition) is 1. The smallest absolute Gasteiger partial charge is 0.168 e. The van der Waals surface area contributed by atoms with E-state index in [0.29, 0.717) is 17.9 Å². The van der Waals surface area contributed by atoms with Crippen molar-refractivity contribution in [2.24, 2.45) is 11.3 Å². The summed E-state index contributed by atoms with van der Waals surface area (Å²) in [6.07, 6.45) is 5.35. The number of halogens is 1. The summed E-state index contributed by atoms with van der Waals surface area (Å²) in [7, 11) is 1.47. The highest BCUT2D eigenvalue weighted by molar-refractivity contribution is 5.31. The number of ether oxygens (including phenoxy) is 1. The van der Waals surface area contributed by atoms with Gasteiger partial charge in [0.05, 0.1) is 13.2 Å². The molecule has 1 aromatic carbocycles. The third-order valence-electron chi connectivity index (χ3n) is 4.80. The molecule has 1 atom stereocenters. The fourth-order valence-electron chi connectivity index (χ4n) is 3.86. The molecule has 0 aromatic heterocycles. The predicted molar refractivity (Wildman–Crippen MR) is 83.0 cm³/mol. The van der Waals surface area contributed by atoms with E-state index in [1.54, 1.807) is 18.2 Å². The molecule has 0 radical (unpaired) electrons. The number of rotatable bonds is 6. The van der Waals surface area contributed by atoms with E-state index in [-0.39, 0.29) is 17.0 Å². The second kappa shape index (κ2) is 6.78. The van der Waals surface area contributed by atoms with Crippen LogP contribution in [-0.4, -0.2) is 18.3 Å². The lowest BCUT2D eigenvalue weighted by atomic mass is 9.72. The van der Waals surface area contributed by atoms with Crippen molar-refractivity contribution in [3.8, 4) is 5.75 Å². The summed E-state index contributed by atoms with van der Waals surface area (Å²) in [6, 6.07) is 5.15. The first kappa shape index (κ1) is 16.3. The lowest BCUT2D eigenvalue weighted by Gasteiger charge is -2.36. The van der Waals surface area contributed by atoms with E-state index in [1.165, 1.54) is 20.0 Å². The summed E-state index contributed by atoms with van der Waals surface area (Å²) >= 11 is 0. The summed E-state index contributed by atoms with van der Waals surface area (Å²) in [4.78, 5) is 0. The Bertz CT molecular complexity index is 464. The van der Waals surface area contributed by atoms with Gasteiger partial charge in [-0.3, -0.25) is 0 Å². The van der Waals surface area contributed by atoms with Crippen LogP contribution in [0, 0.1) is 17.2 Å². The van der Waals surface area contributed by atoms with Gasteiger partial charge in [-0.25, -0.2) is 4.39 Å². The van der Waals surface area contributed by atoms with Crippen LogP contribution in [0.2, 0.25) is 0 Å². The molecule has 1 fully saturated rings. The zero-order chi connectivity index (χ0) is 15.5. The van der Waals surface area contributed by atoms with Crippen molar-refractivity contribution in [3.05, 3.63) is 29.6 Å². The van der Waals surface area contributed by atoms with E-state index in [2.05, 4.69) is 13.8 Å². The van der Waals surface area contributed by atoms with E-state index in [0.717, 1.165) is 19.3 Å². The molecule has 0 bridgehead atoms. The van der Waals surface area contributed by atoms with Crippen LogP contribution in [0.25, 0.3) is 0 Å². The third-order valence-corrected chi connectivity index (χ3v) is 4.80. The molecule has 0 saturated heterocycles. The first-order chi connectivity index (χ1) is 9.98. The van der Waals surface area contributed by atoms with Crippen molar-refractivity contribution in [1.29, 1.82) is 0 Å². The number of hydrogen-bond acceptors (Lipinski definition) is 2. The molecule has 0 amide bonds. The minimum atomic E-state index is -0.482. The normalized spacial score (nSPS) is 19.0. The first-order valence-corrected chi connectivity index (χ1v) is 7.98. The molecule has 2 nitrogen and oxygen atoms in total.